The van der Waals surface area contributed by atoms with Crippen LogP contribution in [0.25, 0.3) is 5.69 Å². The van der Waals surface area contributed by atoms with Gasteiger partial charge in [-0.05, 0) is 24.6 Å². The van der Waals surface area contributed by atoms with Crippen molar-refractivity contribution < 1.29 is 12.8 Å². The molecular formula is C12H11Cl2FN2O2S. The van der Waals surface area contributed by atoms with Crippen LogP contribution in [0.5, 0.6) is 0 Å². The van der Waals surface area contributed by atoms with Crippen molar-refractivity contribution in [1.82, 2.24) is 9.78 Å². The zero-order valence-electron chi connectivity index (χ0n) is 10.5. The Bertz CT molecular complexity index is 744. The molecule has 0 bridgehead atoms. The van der Waals surface area contributed by atoms with Gasteiger partial charge in [-0.1, -0.05) is 31.0 Å². The predicted molar refractivity (Wildman–Crippen MR) is 75.6 cm³/mol. The summed E-state index contributed by atoms with van der Waals surface area (Å²) in [5.74, 6) is -0.471. The molecule has 0 saturated heterocycles. The lowest BCUT2D eigenvalue weighted by atomic mass is 10.2. The highest BCUT2D eigenvalue weighted by molar-refractivity contribution is 8.13. The zero-order valence-corrected chi connectivity index (χ0v) is 12.8. The van der Waals surface area contributed by atoms with Crippen LogP contribution in [0.2, 0.25) is 5.15 Å². The van der Waals surface area contributed by atoms with Gasteiger partial charge in [-0.2, -0.15) is 5.10 Å². The summed E-state index contributed by atoms with van der Waals surface area (Å²) in [5.41, 5.74) is 0.607. The Labute approximate surface area is 125 Å². The maximum atomic E-state index is 13.2. The third kappa shape index (κ3) is 2.97. The fourth-order valence-corrected chi connectivity index (χ4v) is 3.71. The van der Waals surface area contributed by atoms with Crippen molar-refractivity contribution in [3.8, 4) is 5.69 Å². The smallest absolute Gasteiger partial charge is 0.220 e. The minimum absolute atomic E-state index is 0.144. The molecule has 0 aliphatic heterocycles. The van der Waals surface area contributed by atoms with Crippen molar-refractivity contribution in [2.75, 3.05) is 0 Å². The Hall–Kier alpha value is -1.11. The number of aryl methyl sites for hydroxylation is 1. The van der Waals surface area contributed by atoms with Crippen LogP contribution < -0.4 is 0 Å². The largest absolute Gasteiger partial charge is 0.266 e. The Kier molecular flexibility index (Phi) is 4.36. The number of nitrogens with zero attached hydrogens (tertiary/aromatic N) is 2. The predicted octanol–water partition coefficient (Wildman–Crippen LogP) is 3.54. The third-order valence-corrected chi connectivity index (χ3v) is 4.48. The molecule has 1 aromatic heterocycles. The van der Waals surface area contributed by atoms with Gasteiger partial charge >= 0.3 is 0 Å². The molecule has 0 atom stereocenters. The average molecular weight is 337 g/mol. The van der Waals surface area contributed by atoms with Gasteiger partial charge in [0.05, 0.1) is 11.4 Å². The molecule has 4 nitrogen and oxygen atoms in total. The van der Waals surface area contributed by atoms with Gasteiger partial charge in [0.15, 0.2) is 5.15 Å². The van der Waals surface area contributed by atoms with E-state index in [1.54, 1.807) is 6.07 Å². The number of aromatic nitrogens is 2. The van der Waals surface area contributed by atoms with Gasteiger partial charge in [0.2, 0.25) is 0 Å². The Balaban J connectivity index is 2.68. The highest BCUT2D eigenvalue weighted by atomic mass is 35.7. The number of halogens is 3. The van der Waals surface area contributed by atoms with E-state index < -0.39 is 14.9 Å². The summed E-state index contributed by atoms with van der Waals surface area (Å²) in [6, 6.07) is 5.53. The van der Waals surface area contributed by atoms with Gasteiger partial charge in [-0.25, -0.2) is 17.5 Å². The van der Waals surface area contributed by atoms with Gasteiger partial charge in [-0.15, -0.1) is 0 Å². The van der Waals surface area contributed by atoms with E-state index in [1.165, 1.54) is 22.9 Å². The first-order valence-electron chi connectivity index (χ1n) is 5.82. The maximum Gasteiger partial charge on any atom is 0.266 e. The van der Waals surface area contributed by atoms with Crippen LogP contribution in [0.15, 0.2) is 29.2 Å². The molecule has 0 aliphatic rings. The van der Waals surface area contributed by atoms with Gasteiger partial charge in [0, 0.05) is 10.7 Å². The minimum atomic E-state index is -4.02. The van der Waals surface area contributed by atoms with E-state index in [2.05, 4.69) is 5.10 Å². The first kappa shape index (κ1) is 15.3. The van der Waals surface area contributed by atoms with Crippen LogP contribution >= 0.6 is 22.3 Å². The summed E-state index contributed by atoms with van der Waals surface area (Å²) in [6.07, 6.45) is 1.08. The summed E-state index contributed by atoms with van der Waals surface area (Å²) in [5, 5.41) is 3.99. The summed E-state index contributed by atoms with van der Waals surface area (Å²) >= 11 is 6.05. The van der Waals surface area contributed by atoms with Crippen LogP contribution in [0.3, 0.4) is 0 Å². The quantitative estimate of drug-likeness (QED) is 0.802. The summed E-state index contributed by atoms with van der Waals surface area (Å²) in [6.45, 7) is 1.87. The lowest BCUT2D eigenvalue weighted by molar-refractivity contribution is 0.608. The van der Waals surface area contributed by atoms with Gasteiger partial charge in [0.25, 0.3) is 9.05 Å². The molecule has 8 heteroatoms. The molecule has 0 fully saturated rings. The monoisotopic (exact) mass is 336 g/mol. The third-order valence-electron chi connectivity index (χ3n) is 2.64. The number of rotatable bonds is 4. The van der Waals surface area contributed by atoms with Crippen molar-refractivity contribution >= 4 is 31.3 Å². The molecule has 0 unspecified atom stereocenters. The van der Waals surface area contributed by atoms with E-state index in [1.807, 2.05) is 6.92 Å². The van der Waals surface area contributed by atoms with E-state index in [9.17, 15) is 12.8 Å². The molecule has 0 saturated carbocycles. The Morgan fingerprint density at radius 2 is 2.10 bits per heavy atom. The van der Waals surface area contributed by atoms with Crippen molar-refractivity contribution in [2.45, 2.75) is 24.7 Å². The van der Waals surface area contributed by atoms with Crippen molar-refractivity contribution in [2.24, 2.45) is 0 Å². The number of hydrogen-bond acceptors (Lipinski definition) is 3. The van der Waals surface area contributed by atoms with Gasteiger partial charge in [0.1, 0.15) is 10.7 Å². The van der Waals surface area contributed by atoms with Crippen molar-refractivity contribution in [3.05, 3.63) is 40.9 Å². The van der Waals surface area contributed by atoms with Crippen LogP contribution in [-0.2, 0) is 15.5 Å². The van der Waals surface area contributed by atoms with Gasteiger partial charge in [-0.3, -0.25) is 0 Å². The molecule has 2 rings (SSSR count). The summed E-state index contributed by atoms with van der Waals surface area (Å²) < 4.78 is 37.6. The Morgan fingerprint density at radius 1 is 1.40 bits per heavy atom. The second-order valence-electron chi connectivity index (χ2n) is 4.15. The first-order valence-corrected chi connectivity index (χ1v) is 8.51. The lowest BCUT2D eigenvalue weighted by Crippen LogP contribution is -1.98. The molecule has 0 N–H and O–H groups in total. The average Bonchev–Trinajstić information content (AvgIpc) is 2.66. The fourth-order valence-electron chi connectivity index (χ4n) is 1.85. The molecule has 2 aromatic rings. The standard InChI is InChI=1S/C12H11Cl2FN2O2S/c1-2-4-10-11(20(14,18)19)12(13)17(16-10)9-6-3-5-8(15)7-9/h3,5-7H,2,4H2,1H3. The first-order chi connectivity index (χ1) is 9.34. The molecule has 0 radical (unpaired) electrons. The van der Waals surface area contributed by atoms with E-state index in [0.717, 1.165) is 0 Å². The summed E-state index contributed by atoms with van der Waals surface area (Å²) in [7, 11) is 1.38. The minimum Gasteiger partial charge on any atom is -0.220 e. The van der Waals surface area contributed by atoms with Crippen molar-refractivity contribution in [3.63, 3.8) is 0 Å². The maximum absolute atomic E-state index is 13.2. The normalized spacial score (nSPS) is 11.8. The number of benzene rings is 1. The van der Waals surface area contributed by atoms with Crippen molar-refractivity contribution in [1.29, 1.82) is 0 Å². The molecule has 1 heterocycles. The number of hydrogen-bond donors (Lipinski definition) is 0. The molecule has 0 amide bonds. The highest BCUT2D eigenvalue weighted by Gasteiger charge is 2.26. The summed E-state index contributed by atoms with van der Waals surface area (Å²) in [4.78, 5) is -0.216. The second-order valence-corrected chi connectivity index (χ2v) is 7.01. The molecule has 108 valence electrons. The van der Waals surface area contributed by atoms with E-state index in [0.29, 0.717) is 18.5 Å². The van der Waals surface area contributed by atoms with E-state index in [-0.39, 0.29) is 15.7 Å². The SMILES string of the molecule is CCCc1nn(-c2cccc(F)c2)c(Cl)c1S(=O)(=O)Cl. The molecular weight excluding hydrogens is 326 g/mol. The van der Waals surface area contributed by atoms with Gasteiger partial charge < -0.3 is 0 Å². The highest BCUT2D eigenvalue weighted by Crippen LogP contribution is 2.31. The van der Waals surface area contributed by atoms with Crippen LogP contribution in [0.1, 0.15) is 19.0 Å². The van der Waals surface area contributed by atoms with Crippen LogP contribution in [-0.4, -0.2) is 18.2 Å². The molecule has 0 aliphatic carbocycles. The molecule has 0 spiro atoms. The van der Waals surface area contributed by atoms with E-state index >= 15 is 0 Å². The zero-order chi connectivity index (χ0) is 14.9. The molecule has 20 heavy (non-hydrogen) atoms. The lowest BCUT2D eigenvalue weighted by Gasteiger charge is -2.02. The fraction of sp³-hybridized carbons (Fsp3) is 0.250. The topological polar surface area (TPSA) is 52.0 Å². The Morgan fingerprint density at radius 3 is 2.65 bits per heavy atom. The molecule has 1 aromatic carbocycles. The van der Waals surface area contributed by atoms with Crippen LogP contribution in [0, 0.1) is 5.82 Å². The van der Waals surface area contributed by atoms with E-state index in [4.69, 9.17) is 22.3 Å². The van der Waals surface area contributed by atoms with Crippen LogP contribution in [0.4, 0.5) is 4.39 Å². The second kappa shape index (κ2) is 5.71.